The summed E-state index contributed by atoms with van der Waals surface area (Å²) in [4.78, 5) is 23.1. The highest BCUT2D eigenvalue weighted by molar-refractivity contribution is 5.83. The van der Waals surface area contributed by atoms with Crippen LogP contribution in [0.3, 0.4) is 0 Å². The van der Waals surface area contributed by atoms with E-state index >= 15 is 0 Å². The molecule has 2 fully saturated rings. The van der Waals surface area contributed by atoms with Gasteiger partial charge >= 0.3 is 5.97 Å². The number of nitrogens with one attached hydrogen (secondary N) is 2. The highest BCUT2D eigenvalue weighted by Crippen LogP contribution is 2.37. The van der Waals surface area contributed by atoms with Gasteiger partial charge < -0.3 is 15.7 Å². The number of hydrogen-bond donors (Lipinski definition) is 3. The van der Waals surface area contributed by atoms with E-state index in [1.54, 1.807) is 0 Å². The Kier molecular flexibility index (Phi) is 4.80. The molecule has 0 radical (unpaired) electrons. The summed E-state index contributed by atoms with van der Waals surface area (Å²) in [6.45, 7) is 2.93. The Morgan fingerprint density at radius 2 is 2.21 bits per heavy atom. The van der Waals surface area contributed by atoms with Gasteiger partial charge in [0.2, 0.25) is 5.91 Å². The Bertz CT molecular complexity index is 346. The Balaban J connectivity index is 1.89. The maximum atomic E-state index is 12.3. The summed E-state index contributed by atoms with van der Waals surface area (Å²) in [6.07, 6.45) is 5.16. The second kappa shape index (κ2) is 6.37. The Labute approximate surface area is 114 Å². The van der Waals surface area contributed by atoms with Gasteiger partial charge in [-0.15, -0.1) is 0 Å². The first-order chi connectivity index (χ1) is 9.11. The summed E-state index contributed by atoms with van der Waals surface area (Å²) in [7, 11) is 0. The molecule has 1 saturated heterocycles. The van der Waals surface area contributed by atoms with Crippen LogP contribution in [0, 0.1) is 11.8 Å². The van der Waals surface area contributed by atoms with Crippen LogP contribution in [0.1, 0.15) is 45.4 Å². The molecule has 1 aliphatic carbocycles. The lowest BCUT2D eigenvalue weighted by molar-refractivity contribution is -0.137. The second-order valence-corrected chi connectivity index (χ2v) is 5.83. The molecule has 4 unspecified atom stereocenters. The zero-order valence-electron chi connectivity index (χ0n) is 11.5. The molecule has 0 aromatic carbocycles. The molecule has 2 aliphatic rings. The molecule has 1 aliphatic heterocycles. The van der Waals surface area contributed by atoms with E-state index in [2.05, 4.69) is 10.6 Å². The van der Waals surface area contributed by atoms with E-state index in [0.29, 0.717) is 11.8 Å². The number of carbonyl (C=O) groups is 2. The van der Waals surface area contributed by atoms with Crippen LogP contribution in [-0.2, 0) is 9.59 Å². The first-order valence-corrected chi connectivity index (χ1v) is 7.37. The van der Waals surface area contributed by atoms with Gasteiger partial charge in [0.1, 0.15) is 0 Å². The topological polar surface area (TPSA) is 78.4 Å². The van der Waals surface area contributed by atoms with Gasteiger partial charge in [0.05, 0.1) is 12.5 Å². The number of hydrogen-bond acceptors (Lipinski definition) is 3. The lowest BCUT2D eigenvalue weighted by atomic mass is 9.93. The number of carbonyl (C=O) groups excluding carboxylic acids is 1. The van der Waals surface area contributed by atoms with Crippen molar-refractivity contribution in [1.82, 2.24) is 10.6 Å². The predicted octanol–water partition coefficient (Wildman–Crippen LogP) is 1.13. The molecule has 5 heteroatoms. The van der Waals surface area contributed by atoms with E-state index < -0.39 is 5.97 Å². The molecule has 0 aromatic rings. The average Bonchev–Trinajstić information content (AvgIpc) is 2.89. The van der Waals surface area contributed by atoms with Crippen molar-refractivity contribution in [2.24, 2.45) is 11.8 Å². The van der Waals surface area contributed by atoms with E-state index in [1.165, 1.54) is 12.8 Å². The highest BCUT2D eigenvalue weighted by Gasteiger charge is 2.42. The van der Waals surface area contributed by atoms with Crippen molar-refractivity contribution in [3.63, 3.8) is 0 Å². The van der Waals surface area contributed by atoms with Crippen molar-refractivity contribution in [2.45, 2.75) is 57.5 Å². The van der Waals surface area contributed by atoms with Gasteiger partial charge in [-0.25, -0.2) is 0 Å². The SMILES string of the molecule is CCCC(CC(=O)O)NC(=O)C1NCC2CCCC21. The lowest BCUT2D eigenvalue weighted by Crippen LogP contribution is -2.48. The third-order valence-electron chi connectivity index (χ3n) is 4.43. The summed E-state index contributed by atoms with van der Waals surface area (Å²) in [6, 6.07) is -0.349. The van der Waals surface area contributed by atoms with Crippen LogP contribution in [0.15, 0.2) is 0 Å². The molecule has 0 bridgehead atoms. The molecule has 4 atom stereocenters. The van der Waals surface area contributed by atoms with Crippen LogP contribution in [-0.4, -0.2) is 35.6 Å². The van der Waals surface area contributed by atoms with Gasteiger partial charge in [-0.1, -0.05) is 19.8 Å². The Morgan fingerprint density at radius 1 is 1.42 bits per heavy atom. The monoisotopic (exact) mass is 268 g/mol. The van der Waals surface area contributed by atoms with E-state index in [1.807, 2.05) is 6.92 Å². The predicted molar refractivity (Wildman–Crippen MR) is 71.7 cm³/mol. The summed E-state index contributed by atoms with van der Waals surface area (Å²) in [5.41, 5.74) is 0. The standard InChI is InChI=1S/C14H24N2O3/c1-2-4-10(7-12(17)18)16-14(19)13-11-6-3-5-9(11)8-15-13/h9-11,13,15H,2-8H2,1H3,(H,16,19)(H,17,18). The van der Waals surface area contributed by atoms with Crippen molar-refractivity contribution < 1.29 is 14.7 Å². The average molecular weight is 268 g/mol. The number of carboxylic acid groups (broad SMARTS) is 1. The van der Waals surface area contributed by atoms with E-state index in [-0.39, 0.29) is 24.4 Å². The number of carboxylic acids is 1. The molecule has 1 amide bonds. The molecule has 108 valence electrons. The Morgan fingerprint density at radius 3 is 2.89 bits per heavy atom. The zero-order chi connectivity index (χ0) is 13.8. The minimum atomic E-state index is -0.850. The number of rotatable bonds is 6. The van der Waals surface area contributed by atoms with Gasteiger partial charge in [-0.2, -0.15) is 0 Å². The van der Waals surface area contributed by atoms with Crippen LogP contribution in [0.5, 0.6) is 0 Å². The van der Waals surface area contributed by atoms with Gasteiger partial charge in [0, 0.05) is 6.04 Å². The quantitative estimate of drug-likeness (QED) is 0.675. The van der Waals surface area contributed by atoms with Crippen LogP contribution in [0.2, 0.25) is 0 Å². The van der Waals surface area contributed by atoms with E-state index in [4.69, 9.17) is 5.11 Å². The molecule has 5 nitrogen and oxygen atoms in total. The lowest BCUT2D eigenvalue weighted by Gasteiger charge is -2.22. The second-order valence-electron chi connectivity index (χ2n) is 5.83. The molecule has 19 heavy (non-hydrogen) atoms. The van der Waals surface area contributed by atoms with Gasteiger partial charge in [-0.3, -0.25) is 9.59 Å². The van der Waals surface area contributed by atoms with E-state index in [0.717, 1.165) is 25.8 Å². The largest absolute Gasteiger partial charge is 0.481 e. The Hall–Kier alpha value is -1.10. The normalized spacial score (nSPS) is 30.9. The molecule has 1 saturated carbocycles. The molecule has 1 heterocycles. The van der Waals surface area contributed by atoms with Crippen molar-refractivity contribution in [2.75, 3.05) is 6.54 Å². The minimum absolute atomic E-state index is 0.00546. The molecule has 3 N–H and O–H groups in total. The van der Waals surface area contributed by atoms with Crippen LogP contribution < -0.4 is 10.6 Å². The molecular formula is C14H24N2O3. The number of amides is 1. The van der Waals surface area contributed by atoms with Gasteiger partial charge in [0.15, 0.2) is 0 Å². The smallest absolute Gasteiger partial charge is 0.305 e. The summed E-state index contributed by atoms with van der Waals surface area (Å²) in [5, 5.41) is 15.1. The van der Waals surface area contributed by atoms with Gasteiger partial charge in [0.25, 0.3) is 0 Å². The van der Waals surface area contributed by atoms with Gasteiger partial charge in [-0.05, 0) is 37.6 Å². The molecule has 2 rings (SSSR count). The van der Waals surface area contributed by atoms with Crippen molar-refractivity contribution in [1.29, 1.82) is 0 Å². The maximum Gasteiger partial charge on any atom is 0.305 e. The highest BCUT2D eigenvalue weighted by atomic mass is 16.4. The fourth-order valence-corrected chi connectivity index (χ4v) is 3.55. The van der Waals surface area contributed by atoms with Crippen LogP contribution in [0.25, 0.3) is 0 Å². The molecular weight excluding hydrogens is 244 g/mol. The maximum absolute atomic E-state index is 12.3. The fraction of sp³-hybridized carbons (Fsp3) is 0.857. The van der Waals surface area contributed by atoms with Crippen molar-refractivity contribution in [3.05, 3.63) is 0 Å². The van der Waals surface area contributed by atoms with Crippen molar-refractivity contribution >= 4 is 11.9 Å². The van der Waals surface area contributed by atoms with Crippen LogP contribution in [0.4, 0.5) is 0 Å². The molecule has 0 aromatic heterocycles. The third-order valence-corrected chi connectivity index (χ3v) is 4.43. The minimum Gasteiger partial charge on any atom is -0.481 e. The third kappa shape index (κ3) is 3.47. The fourth-order valence-electron chi connectivity index (χ4n) is 3.55. The molecule has 0 spiro atoms. The number of fused-ring (bicyclic) bond motifs is 1. The van der Waals surface area contributed by atoms with E-state index in [9.17, 15) is 9.59 Å². The summed E-state index contributed by atoms with van der Waals surface area (Å²) >= 11 is 0. The number of aliphatic carboxylic acids is 1. The first kappa shape index (κ1) is 14.3. The zero-order valence-corrected chi connectivity index (χ0v) is 11.5. The summed E-state index contributed by atoms with van der Waals surface area (Å²) in [5.74, 6) is 0.234. The first-order valence-electron chi connectivity index (χ1n) is 7.37. The van der Waals surface area contributed by atoms with Crippen LogP contribution >= 0.6 is 0 Å². The summed E-state index contributed by atoms with van der Waals surface area (Å²) < 4.78 is 0. The van der Waals surface area contributed by atoms with Crippen molar-refractivity contribution in [3.8, 4) is 0 Å².